The van der Waals surface area contributed by atoms with Crippen molar-refractivity contribution in [2.24, 2.45) is 5.92 Å². The minimum Gasteiger partial charge on any atom is -0.373 e. The molecular formula is C15H26N4. The second kappa shape index (κ2) is 6.22. The van der Waals surface area contributed by atoms with Crippen LogP contribution in [0, 0.1) is 5.92 Å². The van der Waals surface area contributed by atoms with Crippen molar-refractivity contribution in [3.05, 3.63) is 11.9 Å². The van der Waals surface area contributed by atoms with Gasteiger partial charge in [0, 0.05) is 25.1 Å². The fourth-order valence-corrected chi connectivity index (χ4v) is 2.27. The van der Waals surface area contributed by atoms with Crippen molar-refractivity contribution in [3.8, 4) is 0 Å². The molecule has 0 amide bonds. The van der Waals surface area contributed by atoms with Crippen molar-refractivity contribution in [2.75, 3.05) is 17.7 Å². The maximum atomic E-state index is 4.65. The first-order valence-electron chi connectivity index (χ1n) is 7.45. The smallest absolute Gasteiger partial charge is 0.136 e. The van der Waals surface area contributed by atoms with Crippen LogP contribution in [0.3, 0.4) is 0 Å². The molecule has 1 heterocycles. The maximum absolute atomic E-state index is 4.65. The molecule has 0 aliphatic heterocycles. The number of hydrogen-bond acceptors (Lipinski definition) is 4. The molecule has 4 nitrogen and oxygen atoms in total. The van der Waals surface area contributed by atoms with E-state index in [0.717, 1.165) is 23.4 Å². The zero-order valence-corrected chi connectivity index (χ0v) is 12.5. The average molecular weight is 262 g/mol. The molecule has 0 bridgehead atoms. The third-order valence-electron chi connectivity index (χ3n) is 3.79. The molecule has 1 aromatic rings. The van der Waals surface area contributed by atoms with Crippen molar-refractivity contribution in [2.45, 2.75) is 58.4 Å². The summed E-state index contributed by atoms with van der Waals surface area (Å²) >= 11 is 0. The van der Waals surface area contributed by atoms with Crippen LogP contribution < -0.4 is 10.6 Å². The molecule has 0 saturated heterocycles. The fraction of sp³-hybridized carbons (Fsp3) is 0.733. The molecule has 2 unspecified atom stereocenters. The van der Waals surface area contributed by atoms with Crippen LogP contribution in [0.15, 0.2) is 6.07 Å². The topological polar surface area (TPSA) is 49.8 Å². The minimum absolute atomic E-state index is 0.446. The van der Waals surface area contributed by atoms with E-state index in [9.17, 15) is 0 Å². The zero-order chi connectivity index (χ0) is 13.8. The number of anilines is 2. The number of hydrogen-bond donors (Lipinski definition) is 2. The summed E-state index contributed by atoms with van der Waals surface area (Å²) in [7, 11) is 1.91. The van der Waals surface area contributed by atoms with Gasteiger partial charge in [-0.2, -0.15) is 0 Å². The summed E-state index contributed by atoms with van der Waals surface area (Å²) in [4.78, 5) is 9.19. The Morgan fingerprint density at radius 1 is 1.26 bits per heavy atom. The fourth-order valence-electron chi connectivity index (χ4n) is 2.27. The molecule has 2 rings (SSSR count). The Balaban J connectivity index is 2.04. The molecular weight excluding hydrogens is 236 g/mol. The monoisotopic (exact) mass is 262 g/mol. The molecule has 2 atom stereocenters. The summed E-state index contributed by atoms with van der Waals surface area (Å²) in [6, 6.07) is 2.44. The SMILES string of the molecule is CCC(C)CC(C)Nc1cc(NC)nc(C2CC2)n1. The summed E-state index contributed by atoms with van der Waals surface area (Å²) in [5, 5.41) is 6.64. The van der Waals surface area contributed by atoms with Gasteiger partial charge in [0.1, 0.15) is 17.5 Å². The van der Waals surface area contributed by atoms with Gasteiger partial charge in [-0.05, 0) is 32.1 Å². The lowest BCUT2D eigenvalue weighted by Crippen LogP contribution is -2.19. The van der Waals surface area contributed by atoms with Gasteiger partial charge in [-0.25, -0.2) is 9.97 Å². The van der Waals surface area contributed by atoms with Crippen molar-refractivity contribution in [1.82, 2.24) is 9.97 Å². The van der Waals surface area contributed by atoms with Gasteiger partial charge in [0.05, 0.1) is 0 Å². The van der Waals surface area contributed by atoms with Crippen LogP contribution in [-0.2, 0) is 0 Å². The summed E-state index contributed by atoms with van der Waals surface area (Å²) in [5.74, 6) is 4.19. The van der Waals surface area contributed by atoms with E-state index >= 15 is 0 Å². The second-order valence-electron chi connectivity index (χ2n) is 5.82. The quantitative estimate of drug-likeness (QED) is 0.788. The van der Waals surface area contributed by atoms with Crippen molar-refractivity contribution < 1.29 is 0 Å². The highest BCUT2D eigenvalue weighted by atomic mass is 15.1. The van der Waals surface area contributed by atoms with Gasteiger partial charge in [-0.3, -0.25) is 0 Å². The first-order chi connectivity index (χ1) is 9.12. The van der Waals surface area contributed by atoms with E-state index in [1.165, 1.54) is 25.7 Å². The molecule has 1 fully saturated rings. The Hall–Kier alpha value is -1.32. The highest BCUT2D eigenvalue weighted by molar-refractivity contribution is 5.48. The Labute approximate surface area is 116 Å². The van der Waals surface area contributed by atoms with E-state index in [-0.39, 0.29) is 0 Å². The Morgan fingerprint density at radius 3 is 2.53 bits per heavy atom. The van der Waals surface area contributed by atoms with E-state index in [2.05, 4.69) is 41.4 Å². The highest BCUT2D eigenvalue weighted by Gasteiger charge is 2.27. The van der Waals surface area contributed by atoms with Crippen molar-refractivity contribution in [1.29, 1.82) is 0 Å². The first-order valence-corrected chi connectivity index (χ1v) is 7.45. The van der Waals surface area contributed by atoms with Crippen LogP contribution in [0.25, 0.3) is 0 Å². The van der Waals surface area contributed by atoms with Gasteiger partial charge in [0.2, 0.25) is 0 Å². The third kappa shape index (κ3) is 4.08. The molecule has 19 heavy (non-hydrogen) atoms. The number of rotatable bonds is 7. The van der Waals surface area contributed by atoms with Gasteiger partial charge >= 0.3 is 0 Å². The number of nitrogens with one attached hydrogen (secondary N) is 2. The van der Waals surface area contributed by atoms with Gasteiger partial charge in [0.25, 0.3) is 0 Å². The molecule has 0 spiro atoms. The lowest BCUT2D eigenvalue weighted by atomic mass is 10.0. The molecule has 2 N–H and O–H groups in total. The van der Waals surface area contributed by atoms with Gasteiger partial charge in [0.15, 0.2) is 0 Å². The van der Waals surface area contributed by atoms with Crippen LogP contribution in [0.5, 0.6) is 0 Å². The summed E-state index contributed by atoms with van der Waals surface area (Å²) in [6.45, 7) is 6.77. The molecule has 1 aliphatic carbocycles. The Kier molecular flexibility index (Phi) is 4.61. The second-order valence-corrected chi connectivity index (χ2v) is 5.82. The van der Waals surface area contributed by atoms with E-state index in [4.69, 9.17) is 0 Å². The molecule has 1 saturated carbocycles. The molecule has 106 valence electrons. The molecule has 1 aliphatic rings. The van der Waals surface area contributed by atoms with Gasteiger partial charge < -0.3 is 10.6 Å². The molecule has 4 heteroatoms. The maximum Gasteiger partial charge on any atom is 0.136 e. The standard InChI is InChI=1S/C15H26N4/c1-5-10(2)8-11(3)17-14-9-13(16-4)18-15(19-14)12-6-7-12/h9-12H,5-8H2,1-4H3,(H2,16,17,18,19). The Morgan fingerprint density at radius 2 is 1.95 bits per heavy atom. The molecule has 0 radical (unpaired) electrons. The van der Waals surface area contributed by atoms with Crippen LogP contribution >= 0.6 is 0 Å². The largest absolute Gasteiger partial charge is 0.373 e. The van der Waals surface area contributed by atoms with Crippen LogP contribution in [-0.4, -0.2) is 23.1 Å². The predicted octanol–water partition coefficient (Wildman–Crippen LogP) is 3.63. The minimum atomic E-state index is 0.446. The molecule has 1 aromatic heterocycles. The lowest BCUT2D eigenvalue weighted by molar-refractivity contribution is 0.483. The molecule has 0 aromatic carbocycles. The Bertz CT molecular complexity index is 415. The normalized spacial score (nSPS) is 17.9. The van der Waals surface area contributed by atoms with Crippen molar-refractivity contribution >= 4 is 11.6 Å². The summed E-state index contributed by atoms with van der Waals surface area (Å²) in [6.07, 6.45) is 4.86. The van der Waals surface area contributed by atoms with Gasteiger partial charge in [-0.1, -0.05) is 20.3 Å². The van der Waals surface area contributed by atoms with Crippen LogP contribution in [0.2, 0.25) is 0 Å². The zero-order valence-electron chi connectivity index (χ0n) is 12.5. The van der Waals surface area contributed by atoms with Gasteiger partial charge in [-0.15, -0.1) is 0 Å². The number of aromatic nitrogens is 2. The van der Waals surface area contributed by atoms with E-state index in [1.54, 1.807) is 0 Å². The van der Waals surface area contributed by atoms with Crippen LogP contribution in [0.4, 0.5) is 11.6 Å². The summed E-state index contributed by atoms with van der Waals surface area (Å²) < 4.78 is 0. The predicted molar refractivity (Wildman–Crippen MR) is 80.7 cm³/mol. The van der Waals surface area contributed by atoms with Crippen molar-refractivity contribution in [3.63, 3.8) is 0 Å². The van der Waals surface area contributed by atoms with E-state index in [1.807, 2.05) is 13.1 Å². The third-order valence-corrected chi connectivity index (χ3v) is 3.79. The first kappa shape index (κ1) is 14.1. The number of nitrogens with zero attached hydrogens (tertiary/aromatic N) is 2. The van der Waals surface area contributed by atoms with E-state index in [0.29, 0.717) is 12.0 Å². The highest BCUT2D eigenvalue weighted by Crippen LogP contribution is 2.38. The summed E-state index contributed by atoms with van der Waals surface area (Å²) in [5.41, 5.74) is 0. The van der Waals surface area contributed by atoms with E-state index < -0.39 is 0 Å². The lowest BCUT2D eigenvalue weighted by Gasteiger charge is -2.18. The average Bonchev–Trinajstić information content (AvgIpc) is 3.22. The van der Waals surface area contributed by atoms with Crippen LogP contribution in [0.1, 0.15) is 58.2 Å².